The summed E-state index contributed by atoms with van der Waals surface area (Å²) in [7, 11) is 5.20. The fourth-order valence-electron chi connectivity index (χ4n) is 1.56. The topological polar surface area (TPSA) is 54.9 Å². The molecular weight excluding hydrogens is 230 g/mol. The van der Waals surface area contributed by atoms with E-state index in [1.54, 1.807) is 14.2 Å². The molecule has 0 aromatic heterocycles. The van der Waals surface area contributed by atoms with Crippen LogP contribution in [0, 0.1) is 0 Å². The van der Waals surface area contributed by atoms with Gasteiger partial charge in [-0.25, -0.2) is 0 Å². The number of ether oxygens (including phenoxy) is 2. The highest BCUT2D eigenvalue weighted by molar-refractivity contribution is 5.79. The van der Waals surface area contributed by atoms with Crippen molar-refractivity contribution in [2.45, 2.75) is 13.5 Å². The van der Waals surface area contributed by atoms with E-state index in [9.17, 15) is 0 Å². The highest BCUT2D eigenvalue weighted by Gasteiger charge is 2.05. The van der Waals surface area contributed by atoms with Crippen molar-refractivity contribution >= 4 is 5.96 Å². The van der Waals surface area contributed by atoms with Crippen molar-refractivity contribution in [1.29, 1.82) is 0 Å². The van der Waals surface area contributed by atoms with Gasteiger partial charge in [-0.1, -0.05) is 6.07 Å². The van der Waals surface area contributed by atoms with Gasteiger partial charge >= 0.3 is 0 Å². The molecule has 0 aliphatic carbocycles. The van der Waals surface area contributed by atoms with Gasteiger partial charge in [0.25, 0.3) is 0 Å². The molecule has 0 aliphatic heterocycles. The smallest absolute Gasteiger partial charge is 0.190 e. The van der Waals surface area contributed by atoms with Crippen LogP contribution < -0.4 is 20.1 Å². The van der Waals surface area contributed by atoms with Crippen LogP contribution in [0.3, 0.4) is 0 Å². The maximum Gasteiger partial charge on any atom is 0.190 e. The fraction of sp³-hybridized carbons (Fsp3) is 0.462. The summed E-state index contributed by atoms with van der Waals surface area (Å²) in [6.45, 7) is 3.25. The van der Waals surface area contributed by atoms with Gasteiger partial charge in [0.1, 0.15) is 0 Å². The summed E-state index contributed by atoms with van der Waals surface area (Å²) >= 11 is 0. The number of aliphatic imine (C=N–C) groups is 1. The van der Waals surface area contributed by atoms with Crippen LogP contribution in [0.1, 0.15) is 12.5 Å². The zero-order valence-electron chi connectivity index (χ0n) is 11.4. The minimum absolute atomic E-state index is 0.616. The van der Waals surface area contributed by atoms with Crippen LogP contribution in [0.5, 0.6) is 11.5 Å². The van der Waals surface area contributed by atoms with Crippen molar-refractivity contribution < 1.29 is 9.47 Å². The third-order valence-corrected chi connectivity index (χ3v) is 2.45. The van der Waals surface area contributed by atoms with Gasteiger partial charge in [-0.2, -0.15) is 0 Å². The second kappa shape index (κ2) is 7.42. The molecule has 0 saturated heterocycles. The van der Waals surface area contributed by atoms with Crippen LogP contribution in [-0.2, 0) is 6.54 Å². The molecule has 0 aliphatic rings. The number of nitrogens with zero attached hydrogens (tertiary/aromatic N) is 1. The number of benzene rings is 1. The Labute approximate surface area is 108 Å². The largest absolute Gasteiger partial charge is 0.493 e. The van der Waals surface area contributed by atoms with Crippen LogP contribution >= 0.6 is 0 Å². The number of methoxy groups -OCH3 is 1. The molecule has 0 saturated carbocycles. The number of guanidine groups is 1. The van der Waals surface area contributed by atoms with E-state index in [-0.39, 0.29) is 0 Å². The lowest BCUT2D eigenvalue weighted by molar-refractivity contribution is 0.310. The third kappa shape index (κ3) is 3.84. The molecule has 5 heteroatoms. The second-order valence-corrected chi connectivity index (χ2v) is 3.59. The van der Waals surface area contributed by atoms with Gasteiger partial charge in [0.2, 0.25) is 0 Å². The predicted molar refractivity (Wildman–Crippen MR) is 73.4 cm³/mol. The Balaban J connectivity index is 2.75. The molecule has 0 fully saturated rings. The molecule has 18 heavy (non-hydrogen) atoms. The van der Waals surface area contributed by atoms with E-state index in [2.05, 4.69) is 15.6 Å². The Kier molecular flexibility index (Phi) is 5.84. The summed E-state index contributed by atoms with van der Waals surface area (Å²) in [5, 5.41) is 6.15. The highest BCUT2D eigenvalue weighted by Crippen LogP contribution is 2.27. The van der Waals surface area contributed by atoms with Gasteiger partial charge in [0.15, 0.2) is 17.5 Å². The first-order valence-corrected chi connectivity index (χ1v) is 5.93. The minimum atomic E-state index is 0.616. The molecule has 2 N–H and O–H groups in total. The average molecular weight is 251 g/mol. The predicted octanol–water partition coefficient (Wildman–Crippen LogP) is 1.39. The molecule has 0 heterocycles. The summed E-state index contributed by atoms with van der Waals surface area (Å²) < 4.78 is 10.8. The van der Waals surface area contributed by atoms with Crippen molar-refractivity contribution in [3.8, 4) is 11.5 Å². The molecule has 1 aromatic carbocycles. The Morgan fingerprint density at radius 2 is 2.11 bits per heavy atom. The van der Waals surface area contributed by atoms with Crippen molar-refractivity contribution in [1.82, 2.24) is 10.6 Å². The Morgan fingerprint density at radius 1 is 1.33 bits per heavy atom. The van der Waals surface area contributed by atoms with Crippen LogP contribution in [0.4, 0.5) is 0 Å². The van der Waals surface area contributed by atoms with E-state index in [1.807, 2.05) is 32.2 Å². The van der Waals surface area contributed by atoms with E-state index in [0.717, 1.165) is 23.0 Å². The lowest BCUT2D eigenvalue weighted by Gasteiger charge is -2.12. The molecular formula is C13H21N3O2. The van der Waals surface area contributed by atoms with E-state index in [4.69, 9.17) is 9.47 Å². The van der Waals surface area contributed by atoms with Gasteiger partial charge < -0.3 is 20.1 Å². The van der Waals surface area contributed by atoms with Crippen molar-refractivity contribution in [2.75, 3.05) is 27.8 Å². The van der Waals surface area contributed by atoms with Crippen molar-refractivity contribution in [3.63, 3.8) is 0 Å². The molecule has 0 radical (unpaired) electrons. The minimum Gasteiger partial charge on any atom is -0.493 e. The molecule has 5 nitrogen and oxygen atoms in total. The summed E-state index contributed by atoms with van der Waals surface area (Å²) in [4.78, 5) is 4.05. The van der Waals surface area contributed by atoms with Gasteiger partial charge in [0.05, 0.1) is 13.7 Å². The first kappa shape index (κ1) is 14.2. The van der Waals surface area contributed by atoms with E-state index < -0.39 is 0 Å². The average Bonchev–Trinajstić information content (AvgIpc) is 2.40. The first-order chi connectivity index (χ1) is 8.74. The number of hydrogen-bond acceptors (Lipinski definition) is 3. The standard InChI is InChI=1S/C13H21N3O2/c1-5-18-12-8-10(6-7-11(12)17-4)9-16-13(14-2)15-3/h6-8H,5,9H2,1-4H3,(H2,14,15,16). The summed E-state index contributed by atoms with van der Waals surface area (Å²) in [6.07, 6.45) is 0. The van der Waals surface area contributed by atoms with Crippen LogP contribution in [0.15, 0.2) is 23.2 Å². The Hall–Kier alpha value is -1.91. The quantitative estimate of drug-likeness (QED) is 0.613. The van der Waals surface area contributed by atoms with Gasteiger partial charge in [-0.3, -0.25) is 4.99 Å². The molecule has 1 rings (SSSR count). The second-order valence-electron chi connectivity index (χ2n) is 3.59. The molecule has 0 bridgehead atoms. The van der Waals surface area contributed by atoms with E-state index >= 15 is 0 Å². The summed E-state index contributed by atoms with van der Waals surface area (Å²) in [6, 6.07) is 5.87. The Morgan fingerprint density at radius 3 is 2.67 bits per heavy atom. The summed E-state index contributed by atoms with van der Waals surface area (Å²) in [5.41, 5.74) is 1.11. The van der Waals surface area contributed by atoms with Crippen LogP contribution in [0.2, 0.25) is 0 Å². The molecule has 0 unspecified atom stereocenters. The molecule has 100 valence electrons. The normalized spacial score (nSPS) is 11.0. The zero-order chi connectivity index (χ0) is 13.4. The molecule has 0 atom stereocenters. The third-order valence-electron chi connectivity index (χ3n) is 2.45. The summed E-state index contributed by atoms with van der Waals surface area (Å²) in [5.74, 6) is 2.26. The van der Waals surface area contributed by atoms with E-state index in [0.29, 0.717) is 13.2 Å². The number of hydrogen-bond donors (Lipinski definition) is 2. The maximum atomic E-state index is 5.53. The van der Waals surface area contributed by atoms with Crippen LogP contribution in [0.25, 0.3) is 0 Å². The fourth-order valence-corrected chi connectivity index (χ4v) is 1.56. The highest BCUT2D eigenvalue weighted by atomic mass is 16.5. The Bertz CT molecular complexity index is 405. The number of nitrogens with one attached hydrogen (secondary N) is 2. The maximum absolute atomic E-state index is 5.53. The lowest BCUT2D eigenvalue weighted by Crippen LogP contribution is -2.34. The van der Waals surface area contributed by atoms with Crippen molar-refractivity contribution in [3.05, 3.63) is 23.8 Å². The van der Waals surface area contributed by atoms with Gasteiger partial charge in [-0.15, -0.1) is 0 Å². The van der Waals surface area contributed by atoms with Crippen molar-refractivity contribution in [2.24, 2.45) is 4.99 Å². The van der Waals surface area contributed by atoms with Gasteiger partial charge in [0, 0.05) is 20.6 Å². The molecule has 0 amide bonds. The zero-order valence-corrected chi connectivity index (χ0v) is 11.4. The first-order valence-electron chi connectivity index (χ1n) is 5.93. The van der Waals surface area contributed by atoms with Gasteiger partial charge in [-0.05, 0) is 24.6 Å². The van der Waals surface area contributed by atoms with E-state index in [1.165, 1.54) is 0 Å². The number of rotatable bonds is 5. The molecule has 1 aromatic rings. The SMILES string of the molecule is CCOc1cc(CNC(=NC)NC)ccc1OC. The molecule has 0 spiro atoms. The monoisotopic (exact) mass is 251 g/mol. The lowest BCUT2D eigenvalue weighted by atomic mass is 10.2. The van der Waals surface area contributed by atoms with Crippen LogP contribution in [-0.4, -0.2) is 33.8 Å².